The fraction of sp³-hybridized carbons (Fsp3) is 0.154. The Morgan fingerprint density at radius 2 is 1.81 bits per heavy atom. The molecular weight excluding hydrogens is 289 g/mol. The van der Waals surface area contributed by atoms with Gasteiger partial charge in [0, 0.05) is 17.3 Å². The average molecular weight is 298 g/mol. The van der Waals surface area contributed by atoms with Crippen molar-refractivity contribution in [2.24, 2.45) is 0 Å². The molecule has 0 radical (unpaired) electrons. The Bertz CT molecular complexity index is 669. The lowest BCUT2D eigenvalue weighted by molar-refractivity contribution is -0.385. The van der Waals surface area contributed by atoms with Crippen molar-refractivity contribution in [1.29, 1.82) is 0 Å². The first-order chi connectivity index (χ1) is 9.78. The van der Waals surface area contributed by atoms with E-state index in [2.05, 4.69) is 9.72 Å². The lowest BCUT2D eigenvalue weighted by Crippen LogP contribution is -2.16. The van der Waals surface area contributed by atoms with E-state index in [1.54, 1.807) is 6.92 Å². The van der Waals surface area contributed by atoms with E-state index in [1.807, 2.05) is 0 Å². The lowest BCUT2D eigenvalue weighted by Gasteiger charge is -2.10. The van der Waals surface area contributed by atoms with Gasteiger partial charge in [-0.05, 0) is 24.6 Å². The summed E-state index contributed by atoms with van der Waals surface area (Å²) in [6, 6.07) is 5.05. The standard InChI is InChI=1S/C13H9F3N2O3/c1-8-11(6-17-7-12(8)18(19)20)9-2-4-10(5-3-9)21-13(14,15)16/h2-7H,1H3. The topological polar surface area (TPSA) is 65.3 Å². The number of nitro groups is 1. The summed E-state index contributed by atoms with van der Waals surface area (Å²) in [6.07, 6.45) is -2.22. The van der Waals surface area contributed by atoms with E-state index >= 15 is 0 Å². The fourth-order valence-corrected chi connectivity index (χ4v) is 1.83. The van der Waals surface area contributed by atoms with Crippen LogP contribution in [0.15, 0.2) is 36.7 Å². The highest BCUT2D eigenvalue weighted by molar-refractivity contribution is 5.70. The molecule has 21 heavy (non-hydrogen) atoms. The number of pyridine rings is 1. The number of halogens is 3. The van der Waals surface area contributed by atoms with E-state index in [4.69, 9.17) is 0 Å². The number of hydrogen-bond donors (Lipinski definition) is 0. The Kier molecular flexibility index (Phi) is 3.79. The van der Waals surface area contributed by atoms with Gasteiger partial charge >= 0.3 is 6.36 Å². The van der Waals surface area contributed by atoms with Gasteiger partial charge < -0.3 is 4.74 Å². The molecule has 0 spiro atoms. The van der Waals surface area contributed by atoms with Crippen LogP contribution in [0.1, 0.15) is 5.56 Å². The van der Waals surface area contributed by atoms with Gasteiger partial charge in [0.15, 0.2) is 0 Å². The van der Waals surface area contributed by atoms with Crippen LogP contribution in [0.2, 0.25) is 0 Å². The van der Waals surface area contributed by atoms with E-state index in [9.17, 15) is 23.3 Å². The average Bonchev–Trinajstić information content (AvgIpc) is 2.38. The molecule has 0 aliphatic rings. The molecule has 0 aliphatic heterocycles. The molecule has 0 aliphatic carbocycles. The molecule has 0 atom stereocenters. The van der Waals surface area contributed by atoms with Crippen molar-refractivity contribution < 1.29 is 22.8 Å². The van der Waals surface area contributed by atoms with Crippen molar-refractivity contribution in [2.45, 2.75) is 13.3 Å². The molecule has 1 heterocycles. The Labute approximate surface area is 117 Å². The Morgan fingerprint density at radius 3 is 2.33 bits per heavy atom. The number of nitrogens with zero attached hydrogens (tertiary/aromatic N) is 2. The number of aromatic nitrogens is 1. The SMILES string of the molecule is Cc1c(-c2ccc(OC(F)(F)F)cc2)cncc1[N+](=O)[O-]. The highest BCUT2D eigenvalue weighted by Gasteiger charge is 2.31. The van der Waals surface area contributed by atoms with Crippen LogP contribution in [0, 0.1) is 17.0 Å². The van der Waals surface area contributed by atoms with Crippen molar-refractivity contribution >= 4 is 5.69 Å². The van der Waals surface area contributed by atoms with Crippen LogP contribution in [0.4, 0.5) is 18.9 Å². The third kappa shape index (κ3) is 3.47. The second-order valence-corrected chi connectivity index (χ2v) is 4.16. The summed E-state index contributed by atoms with van der Waals surface area (Å²) in [4.78, 5) is 14.0. The molecule has 0 saturated carbocycles. The summed E-state index contributed by atoms with van der Waals surface area (Å²) in [5, 5.41) is 10.8. The summed E-state index contributed by atoms with van der Waals surface area (Å²) >= 11 is 0. The lowest BCUT2D eigenvalue weighted by atomic mass is 10.0. The highest BCUT2D eigenvalue weighted by Crippen LogP contribution is 2.30. The largest absolute Gasteiger partial charge is 0.573 e. The van der Waals surface area contributed by atoms with Crippen LogP contribution >= 0.6 is 0 Å². The van der Waals surface area contributed by atoms with E-state index in [-0.39, 0.29) is 11.4 Å². The van der Waals surface area contributed by atoms with Crippen molar-refractivity contribution in [2.75, 3.05) is 0 Å². The third-order valence-corrected chi connectivity index (χ3v) is 2.78. The zero-order valence-electron chi connectivity index (χ0n) is 10.7. The Hall–Kier alpha value is -2.64. The summed E-state index contributed by atoms with van der Waals surface area (Å²) in [6.45, 7) is 1.55. The molecule has 110 valence electrons. The van der Waals surface area contributed by atoms with E-state index in [0.717, 1.165) is 18.3 Å². The molecule has 0 fully saturated rings. The predicted molar refractivity (Wildman–Crippen MR) is 67.7 cm³/mol. The zero-order chi connectivity index (χ0) is 15.6. The van der Waals surface area contributed by atoms with Crippen molar-refractivity contribution in [3.63, 3.8) is 0 Å². The quantitative estimate of drug-likeness (QED) is 0.637. The molecule has 0 unspecified atom stereocenters. The van der Waals surface area contributed by atoms with Gasteiger partial charge in [-0.2, -0.15) is 0 Å². The molecule has 8 heteroatoms. The summed E-state index contributed by atoms with van der Waals surface area (Å²) < 4.78 is 40.0. The molecule has 0 N–H and O–H groups in total. The van der Waals surface area contributed by atoms with Gasteiger partial charge in [0.2, 0.25) is 0 Å². The molecule has 0 saturated heterocycles. The molecule has 2 rings (SSSR count). The van der Waals surface area contributed by atoms with Crippen LogP contribution in [0.25, 0.3) is 11.1 Å². The number of alkyl halides is 3. The second kappa shape index (κ2) is 5.39. The van der Waals surface area contributed by atoms with Gasteiger partial charge in [0.05, 0.1) is 4.92 Å². The van der Waals surface area contributed by atoms with Gasteiger partial charge in [0.25, 0.3) is 5.69 Å². The number of hydrogen-bond acceptors (Lipinski definition) is 4. The first-order valence-electron chi connectivity index (χ1n) is 5.73. The molecule has 0 amide bonds. The van der Waals surface area contributed by atoms with Crippen LogP contribution in [0.3, 0.4) is 0 Å². The fourth-order valence-electron chi connectivity index (χ4n) is 1.83. The minimum atomic E-state index is -4.76. The molecule has 0 bridgehead atoms. The first-order valence-corrected chi connectivity index (χ1v) is 5.73. The minimum absolute atomic E-state index is 0.150. The maximum atomic E-state index is 12.1. The van der Waals surface area contributed by atoms with Gasteiger partial charge in [-0.25, -0.2) is 0 Å². The Balaban J connectivity index is 2.35. The van der Waals surface area contributed by atoms with Crippen LogP contribution < -0.4 is 4.74 Å². The third-order valence-electron chi connectivity index (χ3n) is 2.78. The number of ether oxygens (including phenoxy) is 1. The van der Waals surface area contributed by atoms with Gasteiger partial charge in [-0.1, -0.05) is 12.1 Å². The molecule has 1 aromatic carbocycles. The monoisotopic (exact) mass is 298 g/mol. The first kappa shape index (κ1) is 14.8. The minimum Gasteiger partial charge on any atom is -0.406 e. The molecular formula is C13H9F3N2O3. The molecule has 1 aromatic heterocycles. The summed E-state index contributed by atoms with van der Waals surface area (Å²) in [5.41, 5.74) is 1.23. The van der Waals surface area contributed by atoms with Gasteiger partial charge in [-0.15, -0.1) is 13.2 Å². The zero-order valence-corrected chi connectivity index (χ0v) is 10.7. The van der Waals surface area contributed by atoms with Gasteiger partial charge in [-0.3, -0.25) is 15.1 Å². The van der Waals surface area contributed by atoms with Crippen LogP contribution in [0.5, 0.6) is 5.75 Å². The number of rotatable bonds is 3. The highest BCUT2D eigenvalue weighted by atomic mass is 19.4. The normalized spacial score (nSPS) is 11.2. The van der Waals surface area contributed by atoms with E-state index in [0.29, 0.717) is 16.7 Å². The maximum Gasteiger partial charge on any atom is 0.573 e. The van der Waals surface area contributed by atoms with Crippen molar-refractivity contribution in [3.8, 4) is 16.9 Å². The van der Waals surface area contributed by atoms with Crippen LogP contribution in [-0.4, -0.2) is 16.3 Å². The smallest absolute Gasteiger partial charge is 0.406 e. The maximum absolute atomic E-state index is 12.1. The second-order valence-electron chi connectivity index (χ2n) is 4.16. The van der Waals surface area contributed by atoms with Gasteiger partial charge in [0.1, 0.15) is 11.9 Å². The Morgan fingerprint density at radius 1 is 1.19 bits per heavy atom. The summed E-state index contributed by atoms with van der Waals surface area (Å²) in [5.74, 6) is -0.359. The van der Waals surface area contributed by atoms with E-state index in [1.165, 1.54) is 18.3 Å². The number of benzene rings is 1. The van der Waals surface area contributed by atoms with E-state index < -0.39 is 11.3 Å². The molecule has 5 nitrogen and oxygen atoms in total. The van der Waals surface area contributed by atoms with Crippen LogP contribution in [-0.2, 0) is 0 Å². The molecule has 2 aromatic rings. The predicted octanol–water partition coefficient (Wildman–Crippen LogP) is 3.86. The van der Waals surface area contributed by atoms with Crippen molar-refractivity contribution in [1.82, 2.24) is 4.98 Å². The van der Waals surface area contributed by atoms with Crippen molar-refractivity contribution in [3.05, 3.63) is 52.3 Å². The summed E-state index contributed by atoms with van der Waals surface area (Å²) in [7, 11) is 0.